The van der Waals surface area contributed by atoms with E-state index in [1.807, 2.05) is 4.90 Å². The lowest BCUT2D eigenvalue weighted by molar-refractivity contribution is -0.126. The van der Waals surface area contributed by atoms with Gasteiger partial charge in [-0.05, 0) is 18.3 Å². The van der Waals surface area contributed by atoms with Crippen molar-refractivity contribution in [2.75, 3.05) is 6.54 Å². The Labute approximate surface area is 79.7 Å². The van der Waals surface area contributed by atoms with Crippen LogP contribution in [0.3, 0.4) is 0 Å². The van der Waals surface area contributed by atoms with E-state index < -0.39 is 0 Å². The molecule has 0 aliphatic carbocycles. The number of hydrogen-bond donors (Lipinski definition) is 1. The summed E-state index contributed by atoms with van der Waals surface area (Å²) >= 11 is 0. The lowest BCUT2D eigenvalue weighted by Gasteiger charge is -2.43. The number of amides is 1. The second-order valence-electron chi connectivity index (χ2n) is 4.90. The molecule has 0 aromatic rings. The molecule has 0 aromatic heterocycles. The molecule has 1 rings (SSSR count). The first kappa shape index (κ1) is 10.5. The van der Waals surface area contributed by atoms with Crippen molar-refractivity contribution in [1.29, 1.82) is 0 Å². The molecule has 1 heterocycles. The van der Waals surface area contributed by atoms with Gasteiger partial charge in [0.05, 0.1) is 6.10 Å². The fourth-order valence-corrected chi connectivity index (χ4v) is 1.94. The third-order valence-electron chi connectivity index (χ3n) is 2.75. The molecule has 1 aliphatic rings. The van der Waals surface area contributed by atoms with E-state index in [2.05, 4.69) is 20.8 Å². The zero-order valence-electron chi connectivity index (χ0n) is 8.66. The fraction of sp³-hybridized carbons (Fsp3) is 0.900. The SMILES string of the molecule is CC(C)(C)C1CC(O)CCN1C=O. The first-order chi connectivity index (χ1) is 5.95. The molecule has 0 bridgehead atoms. The summed E-state index contributed by atoms with van der Waals surface area (Å²) in [6.07, 6.45) is 2.09. The lowest BCUT2D eigenvalue weighted by Crippen LogP contribution is -2.49. The molecule has 0 radical (unpaired) electrons. The number of piperidine rings is 1. The largest absolute Gasteiger partial charge is 0.393 e. The highest BCUT2D eigenvalue weighted by molar-refractivity contribution is 5.48. The van der Waals surface area contributed by atoms with Gasteiger partial charge in [-0.1, -0.05) is 20.8 Å². The van der Waals surface area contributed by atoms with Crippen molar-refractivity contribution < 1.29 is 9.90 Å². The molecule has 0 saturated carbocycles. The highest BCUT2D eigenvalue weighted by Gasteiger charge is 2.34. The molecule has 1 N–H and O–H groups in total. The van der Waals surface area contributed by atoms with Crippen LogP contribution in [0, 0.1) is 5.41 Å². The minimum Gasteiger partial charge on any atom is -0.393 e. The summed E-state index contributed by atoms with van der Waals surface area (Å²) in [6.45, 7) is 7.00. The van der Waals surface area contributed by atoms with Gasteiger partial charge in [-0.3, -0.25) is 4.79 Å². The van der Waals surface area contributed by atoms with Crippen LogP contribution in [-0.4, -0.2) is 35.1 Å². The number of likely N-dealkylation sites (tertiary alicyclic amines) is 1. The van der Waals surface area contributed by atoms with E-state index in [1.165, 1.54) is 0 Å². The predicted molar refractivity (Wildman–Crippen MR) is 51.3 cm³/mol. The van der Waals surface area contributed by atoms with Crippen LogP contribution < -0.4 is 0 Å². The van der Waals surface area contributed by atoms with Gasteiger partial charge in [-0.2, -0.15) is 0 Å². The van der Waals surface area contributed by atoms with Crippen LogP contribution in [0.25, 0.3) is 0 Å². The summed E-state index contributed by atoms with van der Waals surface area (Å²) in [5.74, 6) is 0. The zero-order valence-corrected chi connectivity index (χ0v) is 8.66. The van der Waals surface area contributed by atoms with E-state index >= 15 is 0 Å². The minimum atomic E-state index is -0.236. The normalized spacial score (nSPS) is 30.3. The van der Waals surface area contributed by atoms with Crippen LogP contribution in [-0.2, 0) is 4.79 Å². The van der Waals surface area contributed by atoms with Crippen molar-refractivity contribution in [2.45, 2.75) is 45.8 Å². The molecule has 3 heteroatoms. The van der Waals surface area contributed by atoms with Crippen LogP contribution in [0.4, 0.5) is 0 Å². The van der Waals surface area contributed by atoms with Crippen molar-refractivity contribution in [3.8, 4) is 0 Å². The van der Waals surface area contributed by atoms with Crippen molar-refractivity contribution >= 4 is 6.41 Å². The maximum absolute atomic E-state index is 10.8. The molecule has 1 fully saturated rings. The van der Waals surface area contributed by atoms with Gasteiger partial charge in [0.2, 0.25) is 6.41 Å². The van der Waals surface area contributed by atoms with E-state index in [4.69, 9.17) is 0 Å². The average molecular weight is 185 g/mol. The topological polar surface area (TPSA) is 40.5 Å². The maximum Gasteiger partial charge on any atom is 0.209 e. The zero-order chi connectivity index (χ0) is 10.1. The number of nitrogens with zero attached hydrogens (tertiary/aromatic N) is 1. The summed E-state index contributed by atoms with van der Waals surface area (Å²) < 4.78 is 0. The molecule has 0 aromatic carbocycles. The van der Waals surface area contributed by atoms with E-state index in [9.17, 15) is 9.90 Å². The Hall–Kier alpha value is -0.570. The number of aliphatic hydroxyl groups is 1. The minimum absolute atomic E-state index is 0.0578. The molecule has 1 saturated heterocycles. The molecule has 2 unspecified atom stereocenters. The standard InChI is InChI=1S/C10H19NO2/c1-10(2,3)9-6-8(13)4-5-11(9)7-12/h7-9,13H,4-6H2,1-3H3. The van der Waals surface area contributed by atoms with Crippen LogP contribution >= 0.6 is 0 Å². The van der Waals surface area contributed by atoms with Crippen LogP contribution in [0.15, 0.2) is 0 Å². The number of rotatable bonds is 1. The second kappa shape index (κ2) is 3.66. The Morgan fingerprint density at radius 3 is 2.54 bits per heavy atom. The summed E-state index contributed by atoms with van der Waals surface area (Å²) in [5, 5.41) is 9.51. The van der Waals surface area contributed by atoms with Crippen molar-refractivity contribution in [3.05, 3.63) is 0 Å². The Morgan fingerprint density at radius 1 is 1.46 bits per heavy atom. The number of carbonyl (C=O) groups is 1. The molecule has 0 spiro atoms. The fourth-order valence-electron chi connectivity index (χ4n) is 1.94. The van der Waals surface area contributed by atoms with Crippen LogP contribution in [0.5, 0.6) is 0 Å². The predicted octanol–water partition coefficient (Wildman–Crippen LogP) is 1.01. The quantitative estimate of drug-likeness (QED) is 0.619. The molecular formula is C10H19NO2. The number of aliphatic hydroxyl groups excluding tert-OH is 1. The van der Waals surface area contributed by atoms with Gasteiger partial charge in [-0.25, -0.2) is 0 Å². The smallest absolute Gasteiger partial charge is 0.209 e. The molecule has 2 atom stereocenters. The van der Waals surface area contributed by atoms with Crippen molar-refractivity contribution in [1.82, 2.24) is 4.90 Å². The summed E-state index contributed by atoms with van der Waals surface area (Å²) in [5.41, 5.74) is 0.0578. The Morgan fingerprint density at radius 2 is 2.08 bits per heavy atom. The van der Waals surface area contributed by atoms with Crippen LogP contribution in [0.2, 0.25) is 0 Å². The van der Waals surface area contributed by atoms with Crippen LogP contribution in [0.1, 0.15) is 33.6 Å². The Bertz CT molecular complexity index is 186. The maximum atomic E-state index is 10.8. The van der Waals surface area contributed by atoms with Gasteiger partial charge in [0.1, 0.15) is 0 Å². The molecule has 1 aliphatic heterocycles. The third-order valence-corrected chi connectivity index (χ3v) is 2.75. The van der Waals surface area contributed by atoms with E-state index in [1.54, 1.807) is 0 Å². The van der Waals surface area contributed by atoms with E-state index in [-0.39, 0.29) is 17.6 Å². The number of hydrogen-bond acceptors (Lipinski definition) is 2. The van der Waals surface area contributed by atoms with Gasteiger partial charge in [0, 0.05) is 12.6 Å². The van der Waals surface area contributed by atoms with E-state index in [0.29, 0.717) is 19.4 Å². The molecule has 13 heavy (non-hydrogen) atoms. The van der Waals surface area contributed by atoms with Gasteiger partial charge >= 0.3 is 0 Å². The first-order valence-electron chi connectivity index (χ1n) is 4.84. The van der Waals surface area contributed by atoms with Crippen molar-refractivity contribution in [2.24, 2.45) is 5.41 Å². The van der Waals surface area contributed by atoms with Gasteiger partial charge in [0.25, 0.3) is 0 Å². The average Bonchev–Trinajstić information content (AvgIpc) is 2.03. The Balaban J connectivity index is 2.71. The van der Waals surface area contributed by atoms with Gasteiger partial charge < -0.3 is 10.0 Å². The molecule has 3 nitrogen and oxygen atoms in total. The van der Waals surface area contributed by atoms with Gasteiger partial charge in [-0.15, -0.1) is 0 Å². The summed E-state index contributed by atoms with van der Waals surface area (Å²) in [7, 11) is 0. The second-order valence-corrected chi connectivity index (χ2v) is 4.90. The molecule has 1 amide bonds. The summed E-state index contributed by atoms with van der Waals surface area (Å²) in [6, 6.07) is 0.175. The van der Waals surface area contributed by atoms with E-state index in [0.717, 1.165) is 6.41 Å². The molecule has 76 valence electrons. The summed E-state index contributed by atoms with van der Waals surface area (Å²) in [4.78, 5) is 12.6. The first-order valence-corrected chi connectivity index (χ1v) is 4.84. The molecular weight excluding hydrogens is 166 g/mol. The number of carbonyl (C=O) groups excluding carboxylic acids is 1. The monoisotopic (exact) mass is 185 g/mol. The van der Waals surface area contributed by atoms with Gasteiger partial charge in [0.15, 0.2) is 0 Å². The van der Waals surface area contributed by atoms with Crippen molar-refractivity contribution in [3.63, 3.8) is 0 Å². The Kier molecular flexibility index (Phi) is 2.96. The third kappa shape index (κ3) is 2.44. The highest BCUT2D eigenvalue weighted by atomic mass is 16.3. The lowest BCUT2D eigenvalue weighted by atomic mass is 9.80. The highest BCUT2D eigenvalue weighted by Crippen LogP contribution is 2.30.